The van der Waals surface area contributed by atoms with Crippen molar-refractivity contribution in [3.05, 3.63) is 55.4 Å². The molecule has 0 aliphatic heterocycles. The highest BCUT2D eigenvalue weighted by molar-refractivity contribution is 9.10. The van der Waals surface area contributed by atoms with Gasteiger partial charge in [0, 0.05) is 10.0 Å². The van der Waals surface area contributed by atoms with Gasteiger partial charge in [-0.3, -0.25) is 0 Å². The second-order valence-corrected chi connectivity index (χ2v) is 8.02. The number of phenols is 1. The van der Waals surface area contributed by atoms with E-state index in [9.17, 15) is 13.5 Å². The van der Waals surface area contributed by atoms with Crippen LogP contribution in [0.1, 0.15) is 5.56 Å². The number of benzene rings is 2. The Morgan fingerprint density at radius 3 is 2.43 bits per heavy atom. The number of sulfonamides is 1. The summed E-state index contributed by atoms with van der Waals surface area (Å²) in [4.78, 5) is 1.73. The monoisotopic (exact) mass is 456 g/mol. The van der Waals surface area contributed by atoms with E-state index < -0.39 is 10.0 Å². The molecular formula is C13H8BrCl3N2O3S. The number of hydrazone groups is 1. The van der Waals surface area contributed by atoms with Crippen molar-refractivity contribution in [2.75, 3.05) is 0 Å². The van der Waals surface area contributed by atoms with E-state index in [4.69, 9.17) is 34.8 Å². The average Bonchev–Trinajstić information content (AvgIpc) is 2.46. The Hall–Kier alpha value is -0.990. The molecule has 0 atom stereocenters. The Bertz CT molecular complexity index is 888. The van der Waals surface area contributed by atoms with Crippen LogP contribution in [-0.2, 0) is 10.0 Å². The molecule has 23 heavy (non-hydrogen) atoms. The van der Waals surface area contributed by atoms with Crippen molar-refractivity contribution in [3.8, 4) is 5.75 Å². The SMILES string of the molecule is O=S(=O)(N/N=C\c1cc(Br)ccc1O)c1cc(Cl)c(Cl)cc1Cl. The predicted octanol–water partition coefficient (Wildman–Crippen LogP) is 4.43. The molecule has 0 unspecified atom stereocenters. The normalized spacial score (nSPS) is 11.8. The largest absolute Gasteiger partial charge is 0.507 e. The van der Waals surface area contributed by atoms with Crippen molar-refractivity contribution < 1.29 is 13.5 Å². The third-order valence-electron chi connectivity index (χ3n) is 2.63. The van der Waals surface area contributed by atoms with Gasteiger partial charge in [0.05, 0.1) is 21.3 Å². The summed E-state index contributed by atoms with van der Waals surface area (Å²) in [5, 5.41) is 13.3. The van der Waals surface area contributed by atoms with Gasteiger partial charge in [-0.1, -0.05) is 50.7 Å². The number of nitrogens with one attached hydrogen (secondary N) is 1. The zero-order valence-electron chi connectivity index (χ0n) is 11.1. The second-order valence-electron chi connectivity index (χ2n) is 4.25. The highest BCUT2D eigenvalue weighted by Gasteiger charge is 2.19. The average molecular weight is 459 g/mol. The number of hydrogen-bond donors (Lipinski definition) is 2. The lowest BCUT2D eigenvalue weighted by Crippen LogP contribution is -2.18. The van der Waals surface area contributed by atoms with Gasteiger partial charge < -0.3 is 5.11 Å². The summed E-state index contributed by atoms with van der Waals surface area (Å²) in [5.41, 5.74) is 0.322. The highest BCUT2D eigenvalue weighted by Crippen LogP contribution is 2.31. The quantitative estimate of drug-likeness (QED) is 0.404. The van der Waals surface area contributed by atoms with Crippen molar-refractivity contribution in [2.45, 2.75) is 4.90 Å². The minimum Gasteiger partial charge on any atom is -0.507 e. The lowest BCUT2D eigenvalue weighted by Gasteiger charge is -2.07. The van der Waals surface area contributed by atoms with E-state index in [1.165, 1.54) is 12.1 Å². The summed E-state index contributed by atoms with van der Waals surface area (Å²) in [7, 11) is -4.04. The van der Waals surface area contributed by atoms with E-state index in [2.05, 4.69) is 21.0 Å². The number of nitrogens with zero attached hydrogens (tertiary/aromatic N) is 1. The Morgan fingerprint density at radius 1 is 1.09 bits per heavy atom. The molecule has 5 nitrogen and oxygen atoms in total. The molecule has 0 spiro atoms. The zero-order chi connectivity index (χ0) is 17.2. The number of phenolic OH excluding ortho intramolecular Hbond substituents is 1. The Kier molecular flexibility index (Phi) is 5.80. The number of rotatable bonds is 4. The first kappa shape index (κ1) is 18.4. The highest BCUT2D eigenvalue weighted by atomic mass is 79.9. The molecule has 2 aromatic rings. The fourth-order valence-electron chi connectivity index (χ4n) is 1.55. The van der Waals surface area contributed by atoms with Crippen molar-refractivity contribution in [1.82, 2.24) is 4.83 Å². The Balaban J connectivity index is 2.27. The minimum absolute atomic E-state index is 0.0463. The predicted molar refractivity (Wildman–Crippen MR) is 95.2 cm³/mol. The van der Waals surface area contributed by atoms with Gasteiger partial charge >= 0.3 is 0 Å². The van der Waals surface area contributed by atoms with E-state index in [1.54, 1.807) is 12.1 Å². The van der Waals surface area contributed by atoms with E-state index in [0.717, 1.165) is 12.3 Å². The van der Waals surface area contributed by atoms with Crippen LogP contribution in [0.15, 0.2) is 44.8 Å². The molecule has 0 bridgehead atoms. The molecule has 0 heterocycles. The fourth-order valence-corrected chi connectivity index (χ4v) is 3.73. The molecule has 0 radical (unpaired) electrons. The fraction of sp³-hybridized carbons (Fsp3) is 0. The van der Waals surface area contributed by atoms with Gasteiger partial charge in [0.2, 0.25) is 0 Å². The summed E-state index contributed by atoms with van der Waals surface area (Å²) >= 11 is 20.7. The van der Waals surface area contributed by atoms with E-state index >= 15 is 0 Å². The maximum atomic E-state index is 12.2. The van der Waals surface area contributed by atoms with Crippen molar-refractivity contribution in [2.24, 2.45) is 5.10 Å². The lowest BCUT2D eigenvalue weighted by molar-refractivity contribution is 0.474. The summed E-state index contributed by atoms with van der Waals surface area (Å²) in [5.74, 6) is -0.0521. The first-order valence-electron chi connectivity index (χ1n) is 5.88. The molecule has 0 amide bonds. The third kappa shape index (κ3) is 4.51. The van der Waals surface area contributed by atoms with Crippen molar-refractivity contribution in [1.29, 1.82) is 0 Å². The molecule has 0 aromatic heterocycles. The number of hydrogen-bond acceptors (Lipinski definition) is 4. The molecule has 122 valence electrons. The third-order valence-corrected chi connectivity index (χ3v) is 5.53. The molecule has 0 saturated heterocycles. The van der Waals surface area contributed by atoms with Crippen LogP contribution in [0.3, 0.4) is 0 Å². The van der Waals surface area contributed by atoms with Crippen molar-refractivity contribution >= 4 is 67.0 Å². The second kappa shape index (κ2) is 7.27. The molecule has 0 aliphatic carbocycles. The molecule has 0 fully saturated rings. The lowest BCUT2D eigenvalue weighted by atomic mass is 10.2. The van der Waals surface area contributed by atoms with Crippen LogP contribution < -0.4 is 4.83 Å². The first-order chi connectivity index (χ1) is 10.7. The van der Waals surface area contributed by atoms with Crippen LogP contribution in [0.4, 0.5) is 0 Å². The molecule has 2 N–H and O–H groups in total. The molecule has 0 aliphatic rings. The van der Waals surface area contributed by atoms with Crippen molar-refractivity contribution in [3.63, 3.8) is 0 Å². The Labute approximate surface area is 156 Å². The molecule has 0 saturated carbocycles. The van der Waals surface area contributed by atoms with Gasteiger partial charge in [-0.25, -0.2) is 4.83 Å². The van der Waals surface area contributed by atoms with E-state index in [0.29, 0.717) is 10.0 Å². The molecule has 2 rings (SSSR count). The van der Waals surface area contributed by atoms with Crippen LogP contribution >= 0.6 is 50.7 Å². The van der Waals surface area contributed by atoms with Gasteiger partial charge in [-0.05, 0) is 30.3 Å². The minimum atomic E-state index is -4.04. The topological polar surface area (TPSA) is 78.8 Å². The van der Waals surface area contributed by atoms with Crippen LogP contribution in [-0.4, -0.2) is 19.7 Å². The Morgan fingerprint density at radius 2 is 1.74 bits per heavy atom. The standard InChI is InChI=1S/C13H8BrCl3N2O3S/c14-8-1-2-12(20)7(3-8)6-18-19-23(21,22)13-5-10(16)9(15)4-11(13)17/h1-6,19-20H/b18-6-. The van der Waals surface area contributed by atoms with Gasteiger partial charge in [-0.15, -0.1) is 0 Å². The zero-order valence-corrected chi connectivity index (χ0v) is 15.8. The molecule has 2 aromatic carbocycles. The summed E-state index contributed by atoms with van der Waals surface area (Å²) in [6.07, 6.45) is 1.16. The molecular weight excluding hydrogens is 450 g/mol. The van der Waals surface area contributed by atoms with Crippen LogP contribution in [0.2, 0.25) is 15.1 Å². The smallest absolute Gasteiger partial charge is 0.278 e. The summed E-state index contributed by atoms with van der Waals surface area (Å²) in [6.45, 7) is 0. The maximum absolute atomic E-state index is 12.2. The van der Waals surface area contributed by atoms with Crippen LogP contribution in [0.5, 0.6) is 5.75 Å². The summed E-state index contributed by atoms with van der Waals surface area (Å²) in [6, 6.07) is 6.99. The van der Waals surface area contributed by atoms with Gasteiger partial charge in [0.25, 0.3) is 10.0 Å². The van der Waals surface area contributed by atoms with Gasteiger partial charge in [-0.2, -0.15) is 13.5 Å². The summed E-state index contributed by atoms with van der Waals surface area (Å²) < 4.78 is 25.1. The maximum Gasteiger partial charge on any atom is 0.278 e. The number of aromatic hydroxyl groups is 1. The van der Waals surface area contributed by atoms with Gasteiger partial charge in [0.15, 0.2) is 0 Å². The molecule has 10 heteroatoms. The van der Waals surface area contributed by atoms with Crippen LogP contribution in [0, 0.1) is 0 Å². The van der Waals surface area contributed by atoms with E-state index in [1.807, 2.05) is 4.83 Å². The van der Waals surface area contributed by atoms with Gasteiger partial charge in [0.1, 0.15) is 10.6 Å². The van der Waals surface area contributed by atoms with E-state index in [-0.39, 0.29) is 25.7 Å². The number of halogens is 4. The first-order valence-corrected chi connectivity index (χ1v) is 9.29. The van der Waals surface area contributed by atoms with Crippen LogP contribution in [0.25, 0.3) is 0 Å².